The van der Waals surface area contributed by atoms with E-state index in [0.29, 0.717) is 6.42 Å². The van der Waals surface area contributed by atoms with Gasteiger partial charge in [0.25, 0.3) is 0 Å². The van der Waals surface area contributed by atoms with E-state index in [1.807, 2.05) is 6.92 Å². The van der Waals surface area contributed by atoms with Crippen LogP contribution in [0.15, 0.2) is 0 Å². The summed E-state index contributed by atoms with van der Waals surface area (Å²) in [5, 5.41) is 0. The van der Waals surface area contributed by atoms with Gasteiger partial charge in [0.05, 0.1) is 7.11 Å². The van der Waals surface area contributed by atoms with E-state index in [1.54, 1.807) is 0 Å². The van der Waals surface area contributed by atoms with Gasteiger partial charge in [0.1, 0.15) is 0 Å². The Balaban J connectivity index is 2.38. The normalized spacial score (nSPS) is 23.5. The quantitative estimate of drug-likeness (QED) is 0.658. The van der Waals surface area contributed by atoms with E-state index in [9.17, 15) is 4.79 Å². The van der Waals surface area contributed by atoms with Crippen molar-refractivity contribution >= 4 is 5.97 Å². The number of hydrogen-bond donors (Lipinski definition) is 0. The van der Waals surface area contributed by atoms with Crippen LogP contribution in [-0.4, -0.2) is 32.1 Å². The second-order valence-corrected chi connectivity index (χ2v) is 3.73. The molecule has 0 amide bonds. The van der Waals surface area contributed by atoms with E-state index < -0.39 is 6.10 Å². The summed E-state index contributed by atoms with van der Waals surface area (Å²) in [7, 11) is 1.39. The summed E-state index contributed by atoms with van der Waals surface area (Å²) >= 11 is 0. The molecule has 0 spiro atoms. The zero-order chi connectivity index (χ0) is 11.1. The molecular formula is C11H20O4. The summed E-state index contributed by atoms with van der Waals surface area (Å²) < 4.78 is 15.7. The Bertz CT molecular complexity index is 187. The smallest absolute Gasteiger partial charge is 0.335 e. The van der Waals surface area contributed by atoms with Crippen molar-refractivity contribution in [3.05, 3.63) is 0 Å². The summed E-state index contributed by atoms with van der Waals surface area (Å²) in [6, 6.07) is 0. The van der Waals surface area contributed by atoms with Crippen molar-refractivity contribution in [2.24, 2.45) is 0 Å². The molecule has 1 saturated heterocycles. The molecule has 1 rings (SSSR count). The Morgan fingerprint density at radius 3 is 2.87 bits per heavy atom. The molecule has 0 aliphatic carbocycles. The highest BCUT2D eigenvalue weighted by atomic mass is 16.7. The van der Waals surface area contributed by atoms with Crippen molar-refractivity contribution in [3.63, 3.8) is 0 Å². The number of carbonyl (C=O) groups is 1. The Hall–Kier alpha value is -0.610. The molecule has 1 fully saturated rings. The van der Waals surface area contributed by atoms with Crippen molar-refractivity contribution in [1.29, 1.82) is 0 Å². The molecule has 0 N–H and O–H groups in total. The highest BCUT2D eigenvalue weighted by Crippen LogP contribution is 2.17. The molecule has 2 atom stereocenters. The lowest BCUT2D eigenvalue weighted by Crippen LogP contribution is -2.33. The predicted octanol–water partition coefficient (Wildman–Crippen LogP) is 1.87. The molecule has 0 bridgehead atoms. The summed E-state index contributed by atoms with van der Waals surface area (Å²) in [6.07, 6.45) is 3.94. The van der Waals surface area contributed by atoms with Gasteiger partial charge in [-0.15, -0.1) is 0 Å². The van der Waals surface area contributed by atoms with Gasteiger partial charge in [-0.25, -0.2) is 4.79 Å². The topological polar surface area (TPSA) is 44.8 Å². The average molecular weight is 216 g/mol. The van der Waals surface area contributed by atoms with Crippen molar-refractivity contribution < 1.29 is 19.0 Å². The largest absolute Gasteiger partial charge is 0.467 e. The lowest BCUT2D eigenvalue weighted by molar-refractivity contribution is -0.203. The highest BCUT2D eigenvalue weighted by Gasteiger charge is 2.25. The van der Waals surface area contributed by atoms with Crippen LogP contribution in [0.3, 0.4) is 0 Å². The van der Waals surface area contributed by atoms with Gasteiger partial charge in [-0.2, -0.15) is 0 Å². The van der Waals surface area contributed by atoms with E-state index in [-0.39, 0.29) is 12.3 Å². The Labute approximate surface area is 90.9 Å². The van der Waals surface area contributed by atoms with Crippen molar-refractivity contribution in [3.8, 4) is 0 Å². The van der Waals surface area contributed by atoms with E-state index in [2.05, 4.69) is 4.74 Å². The van der Waals surface area contributed by atoms with Gasteiger partial charge < -0.3 is 14.2 Å². The fraction of sp³-hybridized carbons (Fsp3) is 0.909. The fourth-order valence-corrected chi connectivity index (χ4v) is 1.64. The third-order valence-electron chi connectivity index (χ3n) is 2.47. The molecule has 15 heavy (non-hydrogen) atoms. The van der Waals surface area contributed by atoms with Crippen LogP contribution in [0.25, 0.3) is 0 Å². The molecule has 0 aromatic heterocycles. The Morgan fingerprint density at radius 2 is 2.33 bits per heavy atom. The van der Waals surface area contributed by atoms with Gasteiger partial charge in [-0.05, 0) is 25.7 Å². The minimum Gasteiger partial charge on any atom is -0.467 e. The minimum absolute atomic E-state index is 0.227. The van der Waals surface area contributed by atoms with E-state index >= 15 is 0 Å². The van der Waals surface area contributed by atoms with Crippen LogP contribution >= 0.6 is 0 Å². The SMILES string of the molecule is CCCC(OC1CCCCO1)C(=O)OC. The monoisotopic (exact) mass is 216 g/mol. The van der Waals surface area contributed by atoms with E-state index in [1.165, 1.54) is 7.11 Å². The first-order valence-corrected chi connectivity index (χ1v) is 5.62. The molecule has 88 valence electrons. The number of hydrogen-bond acceptors (Lipinski definition) is 4. The molecule has 4 nitrogen and oxygen atoms in total. The van der Waals surface area contributed by atoms with Crippen LogP contribution in [0.5, 0.6) is 0 Å². The fourth-order valence-electron chi connectivity index (χ4n) is 1.64. The highest BCUT2D eigenvalue weighted by molar-refractivity contribution is 5.74. The van der Waals surface area contributed by atoms with Gasteiger partial charge in [-0.1, -0.05) is 13.3 Å². The summed E-state index contributed by atoms with van der Waals surface area (Å²) in [5.74, 6) is -0.300. The summed E-state index contributed by atoms with van der Waals surface area (Å²) in [6.45, 7) is 2.74. The van der Waals surface area contributed by atoms with Crippen LogP contribution in [0.2, 0.25) is 0 Å². The number of ether oxygens (including phenoxy) is 3. The molecule has 0 saturated carbocycles. The Morgan fingerprint density at radius 1 is 1.53 bits per heavy atom. The van der Waals surface area contributed by atoms with Crippen LogP contribution in [-0.2, 0) is 19.0 Å². The second-order valence-electron chi connectivity index (χ2n) is 3.73. The molecular weight excluding hydrogens is 196 g/mol. The van der Waals surface area contributed by atoms with Crippen LogP contribution in [0, 0.1) is 0 Å². The first-order valence-electron chi connectivity index (χ1n) is 5.62. The number of esters is 1. The third-order valence-corrected chi connectivity index (χ3v) is 2.47. The molecule has 1 heterocycles. The first kappa shape index (κ1) is 12.5. The third kappa shape index (κ3) is 4.18. The molecule has 4 heteroatoms. The maximum Gasteiger partial charge on any atom is 0.335 e. The molecule has 1 aliphatic rings. The predicted molar refractivity (Wildman–Crippen MR) is 55.4 cm³/mol. The number of methoxy groups -OCH3 is 1. The van der Waals surface area contributed by atoms with Gasteiger partial charge in [0.15, 0.2) is 12.4 Å². The maximum atomic E-state index is 11.4. The number of rotatable bonds is 5. The van der Waals surface area contributed by atoms with Gasteiger partial charge in [0, 0.05) is 6.61 Å². The van der Waals surface area contributed by atoms with Crippen molar-refractivity contribution in [2.45, 2.75) is 51.4 Å². The van der Waals surface area contributed by atoms with Crippen molar-refractivity contribution in [1.82, 2.24) is 0 Å². The maximum absolute atomic E-state index is 11.4. The average Bonchev–Trinajstić information content (AvgIpc) is 2.29. The van der Waals surface area contributed by atoms with Gasteiger partial charge in [0.2, 0.25) is 0 Å². The van der Waals surface area contributed by atoms with Gasteiger partial charge >= 0.3 is 5.97 Å². The molecule has 0 radical (unpaired) electrons. The lowest BCUT2D eigenvalue weighted by Gasteiger charge is -2.26. The van der Waals surface area contributed by atoms with Crippen molar-refractivity contribution in [2.75, 3.05) is 13.7 Å². The lowest BCUT2D eigenvalue weighted by atomic mass is 10.2. The molecule has 0 aromatic rings. The molecule has 0 aromatic carbocycles. The molecule has 1 aliphatic heterocycles. The summed E-state index contributed by atoms with van der Waals surface area (Å²) in [5.41, 5.74) is 0. The minimum atomic E-state index is -0.469. The van der Waals surface area contributed by atoms with Gasteiger partial charge in [-0.3, -0.25) is 0 Å². The van der Waals surface area contributed by atoms with E-state index in [4.69, 9.17) is 9.47 Å². The van der Waals surface area contributed by atoms with E-state index in [0.717, 1.165) is 32.3 Å². The summed E-state index contributed by atoms with van der Waals surface area (Å²) in [4.78, 5) is 11.4. The molecule has 2 unspecified atom stereocenters. The standard InChI is InChI=1S/C11H20O4/c1-3-6-9(11(12)13-2)15-10-7-4-5-8-14-10/h9-10H,3-8H2,1-2H3. The first-order chi connectivity index (χ1) is 7.27. The zero-order valence-electron chi connectivity index (χ0n) is 9.53. The van der Waals surface area contributed by atoms with Crippen LogP contribution in [0.1, 0.15) is 39.0 Å². The second kappa shape index (κ2) is 6.80. The van der Waals surface area contributed by atoms with Crippen LogP contribution in [0.4, 0.5) is 0 Å². The number of carbonyl (C=O) groups excluding carboxylic acids is 1. The zero-order valence-corrected chi connectivity index (χ0v) is 9.53. The van der Waals surface area contributed by atoms with Crippen LogP contribution < -0.4 is 0 Å². The Kier molecular flexibility index (Phi) is 5.65.